The summed E-state index contributed by atoms with van der Waals surface area (Å²) in [5.74, 6) is 1.78. The van der Waals surface area contributed by atoms with Gasteiger partial charge in [-0.2, -0.15) is 0 Å². The van der Waals surface area contributed by atoms with Crippen LogP contribution in [0.15, 0.2) is 18.2 Å². The minimum atomic E-state index is -0.715. The minimum Gasteiger partial charge on any atom is -0.496 e. The van der Waals surface area contributed by atoms with E-state index >= 15 is 0 Å². The number of carbonyl (C=O) groups is 3. The summed E-state index contributed by atoms with van der Waals surface area (Å²) in [6.07, 6.45) is 5.29. The normalized spacial score (nSPS) is 22.9. The van der Waals surface area contributed by atoms with Crippen molar-refractivity contribution >= 4 is 28.9 Å². The molecule has 5 atom stereocenters. The van der Waals surface area contributed by atoms with Gasteiger partial charge in [0.2, 0.25) is 5.88 Å². The Morgan fingerprint density at radius 2 is 1.76 bits per heavy atom. The molecule has 2 aliphatic carbocycles. The summed E-state index contributed by atoms with van der Waals surface area (Å²) < 4.78 is 34.4. The average Bonchev–Trinajstić information content (AvgIpc) is 3.39. The van der Waals surface area contributed by atoms with Gasteiger partial charge in [0.25, 0.3) is 0 Å². The molecule has 1 aromatic heterocycles. The van der Waals surface area contributed by atoms with Gasteiger partial charge < -0.3 is 39.1 Å². The molecule has 0 bridgehead atoms. The van der Waals surface area contributed by atoms with Gasteiger partial charge in [-0.1, -0.05) is 26.7 Å². The number of nitrogens with zero attached hydrogens (tertiary/aromatic N) is 1. The van der Waals surface area contributed by atoms with Crippen molar-refractivity contribution in [1.29, 1.82) is 0 Å². The molecule has 5 rings (SSSR count). The Morgan fingerprint density at radius 3 is 2.42 bits per heavy atom. The first-order valence-electron chi connectivity index (χ1n) is 18.0. The zero-order valence-electron chi connectivity index (χ0n) is 30.9. The topological polar surface area (TPSA) is 144 Å². The van der Waals surface area contributed by atoms with Crippen LogP contribution in [-0.4, -0.2) is 80.8 Å². The van der Waals surface area contributed by atoms with Crippen molar-refractivity contribution in [1.82, 2.24) is 15.6 Å². The number of amides is 1. The molecule has 3 aliphatic rings. The maximum absolute atomic E-state index is 13.0. The highest BCUT2D eigenvalue weighted by atomic mass is 16.6. The fourth-order valence-corrected chi connectivity index (χ4v) is 7.37. The maximum Gasteiger partial charge on any atom is 0.407 e. The second-order valence-corrected chi connectivity index (χ2v) is 15.7. The third kappa shape index (κ3) is 9.50. The van der Waals surface area contributed by atoms with E-state index in [4.69, 9.17) is 33.4 Å². The average molecular weight is 698 g/mol. The Bertz CT molecular complexity index is 1530. The van der Waals surface area contributed by atoms with Gasteiger partial charge in [-0.25, -0.2) is 14.6 Å². The molecular weight excluding hydrogens is 642 g/mol. The summed E-state index contributed by atoms with van der Waals surface area (Å²) in [5.41, 5.74) is 0.824. The summed E-state index contributed by atoms with van der Waals surface area (Å²) in [6.45, 7) is 12.8. The van der Waals surface area contributed by atoms with Crippen LogP contribution in [0, 0.1) is 17.3 Å². The number of esters is 2. The van der Waals surface area contributed by atoms with Crippen molar-refractivity contribution in [2.45, 2.75) is 116 Å². The number of carbonyl (C=O) groups excluding carboxylic acids is 3. The number of hydrogen-bond donors (Lipinski definition) is 2. The van der Waals surface area contributed by atoms with E-state index in [0.29, 0.717) is 42.6 Å². The zero-order valence-corrected chi connectivity index (χ0v) is 30.9. The van der Waals surface area contributed by atoms with Crippen molar-refractivity contribution in [3.63, 3.8) is 0 Å². The van der Waals surface area contributed by atoms with E-state index in [1.165, 1.54) is 7.11 Å². The van der Waals surface area contributed by atoms with Gasteiger partial charge >= 0.3 is 18.0 Å². The Morgan fingerprint density at radius 1 is 1.02 bits per heavy atom. The number of benzene rings is 1. The second-order valence-electron chi connectivity index (χ2n) is 15.7. The Hall–Kier alpha value is -3.80. The smallest absolute Gasteiger partial charge is 0.407 e. The number of nitrogens with one attached hydrogen (secondary N) is 2. The number of rotatable bonds is 14. The number of methoxy groups -OCH3 is 2. The molecule has 1 amide bonds. The highest BCUT2D eigenvalue weighted by Gasteiger charge is 2.44. The Kier molecular flexibility index (Phi) is 11.7. The molecule has 1 saturated heterocycles. The van der Waals surface area contributed by atoms with Crippen molar-refractivity contribution in [3.05, 3.63) is 23.8 Å². The van der Waals surface area contributed by atoms with Crippen molar-refractivity contribution in [2.24, 2.45) is 17.3 Å². The number of hydrogen-bond acceptors (Lipinski definition) is 11. The van der Waals surface area contributed by atoms with E-state index in [-0.39, 0.29) is 35.9 Å². The molecule has 12 nitrogen and oxygen atoms in total. The van der Waals surface area contributed by atoms with Crippen molar-refractivity contribution in [2.75, 3.05) is 34.0 Å². The van der Waals surface area contributed by atoms with Gasteiger partial charge in [0, 0.05) is 30.5 Å². The lowest BCUT2D eigenvalue weighted by atomic mass is 9.87. The molecule has 3 fully saturated rings. The molecule has 2 heterocycles. The second kappa shape index (κ2) is 15.6. The zero-order chi connectivity index (χ0) is 36.2. The predicted molar refractivity (Wildman–Crippen MR) is 188 cm³/mol. The predicted octanol–water partition coefficient (Wildman–Crippen LogP) is 6.07. The highest BCUT2D eigenvalue weighted by molar-refractivity contribution is 5.88. The molecule has 12 heteroatoms. The van der Waals surface area contributed by atoms with Gasteiger partial charge in [-0.05, 0) is 88.2 Å². The number of alkyl carbamates (subject to hydrolysis) is 1. The van der Waals surface area contributed by atoms with E-state index in [9.17, 15) is 14.4 Å². The fraction of sp³-hybridized carbons (Fsp3) is 0.684. The molecule has 50 heavy (non-hydrogen) atoms. The molecule has 2 saturated carbocycles. The van der Waals surface area contributed by atoms with Crippen LogP contribution >= 0.6 is 0 Å². The summed E-state index contributed by atoms with van der Waals surface area (Å²) >= 11 is 0. The first kappa shape index (κ1) is 37.5. The Balaban J connectivity index is 1.25. The maximum atomic E-state index is 13.0. The van der Waals surface area contributed by atoms with Crippen molar-refractivity contribution in [3.8, 4) is 17.4 Å². The third-order valence-corrected chi connectivity index (χ3v) is 9.80. The molecule has 2 N–H and O–H groups in total. The molecule has 2 aromatic rings. The number of aromatic nitrogens is 1. The molecule has 2 unspecified atom stereocenters. The molecular formula is C38H55N3O9. The summed E-state index contributed by atoms with van der Waals surface area (Å²) in [5, 5.41) is 6.86. The van der Waals surface area contributed by atoms with Crippen LogP contribution in [0.25, 0.3) is 10.9 Å². The fourth-order valence-electron chi connectivity index (χ4n) is 7.37. The SMILES string of the molecule is CCOc1cc(O[C@H]2CN[C@H](C(=O)OC)C2)c2cc(C3CC3CC(C)(C)COC(=O)N[C@H](C(=O)OC(C)(C)C)C3CCCC3)c(OC)cc2n1. The lowest BCUT2D eigenvalue weighted by molar-refractivity contribution is -0.159. The van der Waals surface area contributed by atoms with E-state index in [0.717, 1.165) is 55.2 Å². The van der Waals surface area contributed by atoms with Gasteiger partial charge in [-0.15, -0.1) is 0 Å². The largest absolute Gasteiger partial charge is 0.496 e. The highest BCUT2D eigenvalue weighted by Crippen LogP contribution is 2.56. The first-order chi connectivity index (χ1) is 23.7. The van der Waals surface area contributed by atoms with Crippen LogP contribution in [0.1, 0.15) is 98.0 Å². The standard InChI is InChI=1S/C38H55N3O9/c1-9-47-32-18-31(49-24-15-29(39-20-24)34(42)46-8)27-16-26(30(45-7)17-28(27)40-32)25-14-23(25)19-38(5,6)21-48-36(44)41-33(22-12-10-11-13-22)35(43)50-37(2,3)4/h16-18,22-25,29,33,39H,9-15,19-21H2,1-8H3,(H,41,44)/t23?,24-,25?,29+,33+/m1/s1. The van der Waals surface area contributed by atoms with Crippen molar-refractivity contribution < 1.29 is 42.8 Å². The monoisotopic (exact) mass is 697 g/mol. The van der Waals surface area contributed by atoms with Crippen LogP contribution in [-0.2, 0) is 23.8 Å². The molecule has 1 aromatic carbocycles. The van der Waals surface area contributed by atoms with E-state index in [1.54, 1.807) is 7.11 Å². The van der Waals surface area contributed by atoms with Gasteiger partial charge in [0.05, 0.1) is 33.0 Å². The van der Waals surface area contributed by atoms with E-state index in [2.05, 4.69) is 30.5 Å². The first-order valence-corrected chi connectivity index (χ1v) is 18.0. The summed E-state index contributed by atoms with van der Waals surface area (Å²) in [4.78, 5) is 42.8. The number of ether oxygens (including phenoxy) is 6. The van der Waals surface area contributed by atoms with E-state index < -0.39 is 29.7 Å². The lowest BCUT2D eigenvalue weighted by Crippen LogP contribution is -2.48. The molecule has 276 valence electrons. The van der Waals surface area contributed by atoms with Gasteiger partial charge in [-0.3, -0.25) is 4.79 Å². The molecule has 1 aliphatic heterocycles. The lowest BCUT2D eigenvalue weighted by Gasteiger charge is -2.29. The number of pyridine rings is 1. The quantitative estimate of drug-likeness (QED) is 0.175. The Labute approximate surface area is 295 Å². The van der Waals surface area contributed by atoms with Crippen LogP contribution in [0.2, 0.25) is 0 Å². The van der Waals surface area contributed by atoms with Crippen LogP contribution in [0.3, 0.4) is 0 Å². The van der Waals surface area contributed by atoms with Crippen LogP contribution < -0.4 is 24.8 Å². The van der Waals surface area contributed by atoms with E-state index in [1.807, 2.05) is 39.8 Å². The third-order valence-electron chi connectivity index (χ3n) is 9.80. The minimum absolute atomic E-state index is 0.0491. The summed E-state index contributed by atoms with van der Waals surface area (Å²) in [7, 11) is 3.05. The van der Waals surface area contributed by atoms with Gasteiger partial charge in [0.1, 0.15) is 35.3 Å². The van der Waals surface area contributed by atoms with Gasteiger partial charge in [0.15, 0.2) is 0 Å². The van der Waals surface area contributed by atoms with Crippen LogP contribution in [0.5, 0.6) is 17.4 Å². The molecule has 0 radical (unpaired) electrons. The van der Waals surface area contributed by atoms with Crippen LogP contribution in [0.4, 0.5) is 4.79 Å². The summed E-state index contributed by atoms with van der Waals surface area (Å²) in [6, 6.07) is 4.72. The molecule has 0 spiro atoms. The number of fused-ring (bicyclic) bond motifs is 1.